The van der Waals surface area contributed by atoms with E-state index in [0.29, 0.717) is 29.3 Å². The molecular formula is C25H23N7O2. The number of aromatic hydroxyl groups is 1. The first-order valence-corrected chi connectivity index (χ1v) is 10.7. The summed E-state index contributed by atoms with van der Waals surface area (Å²) in [5.74, 6) is 0.722. The second-order valence-electron chi connectivity index (χ2n) is 8.12. The number of hydrogen-bond acceptors (Lipinski definition) is 5. The van der Waals surface area contributed by atoms with Crippen molar-refractivity contribution in [3.05, 3.63) is 89.1 Å². The molecule has 34 heavy (non-hydrogen) atoms. The van der Waals surface area contributed by atoms with Crippen molar-refractivity contribution in [1.29, 1.82) is 0 Å². The average molecular weight is 454 g/mol. The van der Waals surface area contributed by atoms with Crippen molar-refractivity contribution in [3.63, 3.8) is 0 Å². The lowest BCUT2D eigenvalue weighted by Crippen LogP contribution is -2.16. The van der Waals surface area contributed by atoms with Crippen molar-refractivity contribution < 1.29 is 9.90 Å². The van der Waals surface area contributed by atoms with E-state index in [9.17, 15) is 9.90 Å². The fraction of sp³-hybridized carbons (Fsp3) is 0.120. The first kappa shape index (κ1) is 21.2. The second kappa shape index (κ2) is 8.70. The van der Waals surface area contributed by atoms with Crippen LogP contribution < -0.4 is 5.32 Å². The fourth-order valence-electron chi connectivity index (χ4n) is 3.80. The van der Waals surface area contributed by atoms with Crippen LogP contribution in [0.5, 0.6) is 5.88 Å². The highest BCUT2D eigenvalue weighted by atomic mass is 16.3. The van der Waals surface area contributed by atoms with Crippen molar-refractivity contribution in [2.24, 2.45) is 12.0 Å². The first-order chi connectivity index (χ1) is 16.5. The molecule has 0 aliphatic heterocycles. The van der Waals surface area contributed by atoms with Gasteiger partial charge in [0, 0.05) is 54.0 Å². The number of rotatable bonds is 6. The van der Waals surface area contributed by atoms with Gasteiger partial charge in [-0.1, -0.05) is 18.2 Å². The molecule has 9 heteroatoms. The molecular weight excluding hydrogens is 430 g/mol. The Hall–Kier alpha value is -4.66. The third-order valence-electron chi connectivity index (χ3n) is 5.54. The van der Waals surface area contributed by atoms with Gasteiger partial charge in [0.15, 0.2) is 17.5 Å². The molecule has 2 aromatic carbocycles. The van der Waals surface area contributed by atoms with Gasteiger partial charge in [-0.15, -0.1) is 0 Å². The van der Waals surface area contributed by atoms with Gasteiger partial charge in [-0.2, -0.15) is 5.10 Å². The Balaban J connectivity index is 1.33. The van der Waals surface area contributed by atoms with E-state index in [1.807, 2.05) is 55.5 Å². The Morgan fingerprint density at radius 3 is 2.68 bits per heavy atom. The van der Waals surface area contributed by atoms with Crippen LogP contribution in [0.2, 0.25) is 0 Å². The average Bonchev–Trinajstić information content (AvgIpc) is 3.52. The number of nitrogens with one attached hydrogen (secondary N) is 3. The molecule has 9 nitrogen and oxygen atoms in total. The van der Waals surface area contributed by atoms with Gasteiger partial charge in [0.05, 0.1) is 5.56 Å². The van der Waals surface area contributed by atoms with Crippen LogP contribution in [0.15, 0.2) is 65.9 Å². The number of aryl methyl sites for hydroxylation is 2. The van der Waals surface area contributed by atoms with Gasteiger partial charge in [0.1, 0.15) is 0 Å². The van der Waals surface area contributed by atoms with Gasteiger partial charge < -0.3 is 20.0 Å². The van der Waals surface area contributed by atoms with Crippen LogP contribution in [0.25, 0.3) is 10.9 Å². The van der Waals surface area contributed by atoms with E-state index >= 15 is 0 Å². The zero-order chi connectivity index (χ0) is 23.7. The summed E-state index contributed by atoms with van der Waals surface area (Å²) in [5.41, 5.74) is 5.24. The van der Waals surface area contributed by atoms with Crippen LogP contribution >= 0.6 is 0 Å². The molecule has 0 aliphatic rings. The zero-order valence-corrected chi connectivity index (χ0v) is 18.7. The molecule has 4 N–H and O–H groups in total. The molecule has 3 aromatic heterocycles. The van der Waals surface area contributed by atoms with Crippen molar-refractivity contribution in [3.8, 4) is 5.88 Å². The highest BCUT2D eigenvalue weighted by molar-refractivity contribution is 6.03. The maximum atomic E-state index is 12.3. The molecule has 1 amide bonds. The Kier molecular flexibility index (Phi) is 5.43. The lowest BCUT2D eigenvalue weighted by molar-refractivity contribution is 0.101. The van der Waals surface area contributed by atoms with E-state index in [-0.39, 0.29) is 11.8 Å². The highest BCUT2D eigenvalue weighted by Crippen LogP contribution is 2.28. The summed E-state index contributed by atoms with van der Waals surface area (Å²) in [6, 6.07) is 15.6. The molecule has 0 unspecified atom stereocenters. The smallest absolute Gasteiger partial charge is 0.291 e. The van der Waals surface area contributed by atoms with E-state index in [0.717, 1.165) is 27.7 Å². The van der Waals surface area contributed by atoms with Gasteiger partial charge in [-0.05, 0) is 48.7 Å². The summed E-state index contributed by atoms with van der Waals surface area (Å²) in [7, 11) is 1.78. The van der Waals surface area contributed by atoms with Gasteiger partial charge in [0.25, 0.3) is 5.91 Å². The van der Waals surface area contributed by atoms with Gasteiger partial charge in [-0.3, -0.25) is 9.89 Å². The Morgan fingerprint density at radius 2 is 1.97 bits per heavy atom. The molecule has 0 saturated heterocycles. The summed E-state index contributed by atoms with van der Waals surface area (Å²) < 4.78 is 1.67. The lowest BCUT2D eigenvalue weighted by atomic mass is 10.0. The van der Waals surface area contributed by atoms with Gasteiger partial charge in [0.2, 0.25) is 0 Å². The molecule has 0 atom stereocenters. The van der Waals surface area contributed by atoms with E-state index in [2.05, 4.69) is 30.5 Å². The Bertz CT molecular complexity index is 1510. The first-order valence-electron chi connectivity index (χ1n) is 10.7. The number of aromatic amines is 2. The number of fused-ring (bicyclic) bond motifs is 1. The third-order valence-corrected chi connectivity index (χ3v) is 5.54. The monoisotopic (exact) mass is 453 g/mol. The van der Waals surface area contributed by atoms with Gasteiger partial charge in [-0.25, -0.2) is 9.98 Å². The largest absolute Gasteiger partial charge is 0.494 e. The molecule has 5 rings (SSSR count). The maximum absolute atomic E-state index is 12.3. The number of aromatic nitrogens is 5. The number of aliphatic imine (C=N–C) groups is 1. The molecule has 3 heterocycles. The van der Waals surface area contributed by atoms with Crippen molar-refractivity contribution >= 4 is 34.5 Å². The lowest BCUT2D eigenvalue weighted by Gasteiger charge is -2.07. The minimum absolute atomic E-state index is 0.0657. The number of H-pyrrole nitrogens is 2. The third kappa shape index (κ3) is 4.31. The molecule has 0 bridgehead atoms. The van der Waals surface area contributed by atoms with Gasteiger partial charge >= 0.3 is 0 Å². The molecule has 0 fully saturated rings. The summed E-state index contributed by atoms with van der Waals surface area (Å²) in [4.78, 5) is 23.8. The molecule has 0 aliphatic carbocycles. The SMILES string of the molecule is Cc1cc(N=Cc2c(O)[nH]c3ccc(Cc4ccc(NC(=O)c5nccn5C)cc4)cc23)n[nH]1. The quantitative estimate of drug-likeness (QED) is 0.287. The van der Waals surface area contributed by atoms with Crippen molar-refractivity contribution in [2.45, 2.75) is 13.3 Å². The number of carbonyl (C=O) groups excluding carboxylic acids is 1. The molecule has 0 spiro atoms. The van der Waals surface area contributed by atoms with Crippen LogP contribution in [0, 0.1) is 6.92 Å². The zero-order valence-electron chi connectivity index (χ0n) is 18.7. The van der Waals surface area contributed by atoms with E-state index < -0.39 is 0 Å². The number of imidazole rings is 1. The second-order valence-corrected chi connectivity index (χ2v) is 8.12. The highest BCUT2D eigenvalue weighted by Gasteiger charge is 2.12. The number of nitrogens with zero attached hydrogens (tertiary/aromatic N) is 4. The van der Waals surface area contributed by atoms with E-state index in [1.54, 1.807) is 30.2 Å². The molecule has 0 radical (unpaired) electrons. The molecule has 170 valence electrons. The van der Waals surface area contributed by atoms with Crippen molar-refractivity contribution in [1.82, 2.24) is 24.7 Å². The number of anilines is 1. The predicted molar refractivity (Wildman–Crippen MR) is 131 cm³/mol. The molecule has 0 saturated carbocycles. The van der Waals surface area contributed by atoms with Crippen LogP contribution in [-0.4, -0.2) is 42.0 Å². The minimum atomic E-state index is -0.253. The Labute approximate surface area is 195 Å². The van der Waals surface area contributed by atoms with Crippen LogP contribution in [0.3, 0.4) is 0 Å². The predicted octanol–water partition coefficient (Wildman–Crippen LogP) is 4.23. The van der Waals surface area contributed by atoms with Crippen LogP contribution in [-0.2, 0) is 13.5 Å². The number of benzene rings is 2. The van der Waals surface area contributed by atoms with Crippen LogP contribution in [0.4, 0.5) is 11.5 Å². The summed E-state index contributed by atoms with van der Waals surface area (Å²) >= 11 is 0. The summed E-state index contributed by atoms with van der Waals surface area (Å²) in [6.45, 7) is 1.91. The normalized spacial score (nSPS) is 11.5. The number of amides is 1. The van der Waals surface area contributed by atoms with Crippen molar-refractivity contribution in [2.75, 3.05) is 5.32 Å². The summed E-state index contributed by atoms with van der Waals surface area (Å²) in [6.07, 6.45) is 5.64. The van der Waals surface area contributed by atoms with E-state index in [1.165, 1.54) is 0 Å². The standard InChI is InChI=1S/C25H23N7O2/c1-15-11-22(31-30-15)27-14-20-19-13-17(5-8-21(19)29-24(20)33)12-16-3-6-18(7-4-16)28-25(34)23-26-9-10-32(23)2/h3-11,13-14,29,33H,12H2,1-2H3,(H,28,34)(H,30,31). The summed E-state index contributed by atoms with van der Waals surface area (Å²) in [5, 5.41) is 21.1. The van der Waals surface area contributed by atoms with Crippen LogP contribution in [0.1, 0.15) is 33.0 Å². The Morgan fingerprint density at radius 1 is 1.18 bits per heavy atom. The van der Waals surface area contributed by atoms with E-state index in [4.69, 9.17) is 0 Å². The molecule has 5 aromatic rings. The number of hydrogen-bond donors (Lipinski definition) is 4. The topological polar surface area (TPSA) is 124 Å². The number of carbonyl (C=O) groups is 1. The maximum Gasteiger partial charge on any atom is 0.291 e. The minimum Gasteiger partial charge on any atom is -0.494 e. The fourth-order valence-corrected chi connectivity index (χ4v) is 3.80.